The molecule has 5 heteroatoms. The third kappa shape index (κ3) is 5.50. The fourth-order valence-corrected chi connectivity index (χ4v) is 4.11. The smallest absolute Gasteiger partial charge is 0.123 e. The van der Waals surface area contributed by atoms with Crippen molar-refractivity contribution in [3.05, 3.63) is 101 Å². The van der Waals surface area contributed by atoms with Gasteiger partial charge in [0, 0.05) is 30.1 Å². The quantitative estimate of drug-likeness (QED) is 0.527. The van der Waals surface area contributed by atoms with Crippen LogP contribution >= 0.6 is 0 Å². The van der Waals surface area contributed by atoms with Gasteiger partial charge in [0.05, 0.1) is 12.7 Å². The lowest BCUT2D eigenvalue weighted by molar-refractivity contribution is 0.00827. The number of aromatic nitrogens is 1. The number of methoxy groups -OCH3 is 1. The lowest BCUT2D eigenvalue weighted by atomic mass is 9.71. The molecule has 0 aliphatic carbocycles. The summed E-state index contributed by atoms with van der Waals surface area (Å²) < 4.78 is 19.5. The van der Waals surface area contributed by atoms with Crippen LogP contribution in [0.4, 0.5) is 4.39 Å². The van der Waals surface area contributed by atoms with Crippen molar-refractivity contribution in [2.75, 3.05) is 7.11 Å². The summed E-state index contributed by atoms with van der Waals surface area (Å²) in [5.74, 6) is 0.242. The molecule has 4 nitrogen and oxygen atoms in total. The Morgan fingerprint density at radius 3 is 2.42 bits per heavy atom. The summed E-state index contributed by atoms with van der Waals surface area (Å²) in [4.78, 5) is 4.02. The number of pyridine rings is 1. The minimum absolute atomic E-state index is 0.223. The van der Waals surface area contributed by atoms with Gasteiger partial charge in [0.15, 0.2) is 0 Å². The number of nitrogens with zero attached hydrogens (tertiary/aromatic N) is 1. The van der Waals surface area contributed by atoms with E-state index in [0.717, 1.165) is 11.1 Å². The van der Waals surface area contributed by atoms with Gasteiger partial charge in [-0.15, -0.1) is 0 Å². The van der Waals surface area contributed by atoms with E-state index in [4.69, 9.17) is 10.5 Å². The Hall–Kier alpha value is -3.18. The second-order valence-electron chi connectivity index (χ2n) is 8.48. The third-order valence-corrected chi connectivity index (χ3v) is 5.49. The van der Waals surface area contributed by atoms with E-state index in [0.29, 0.717) is 23.4 Å². The van der Waals surface area contributed by atoms with E-state index in [2.05, 4.69) is 4.98 Å². The van der Waals surface area contributed by atoms with Crippen molar-refractivity contribution in [1.29, 1.82) is 0 Å². The molecule has 0 saturated heterocycles. The molecule has 0 bridgehead atoms. The minimum Gasteiger partial charge on any atom is -0.496 e. The number of hydrogen-bond donors (Lipinski definition) is 2. The summed E-state index contributed by atoms with van der Waals surface area (Å²) in [6.07, 6.45) is 5.77. The number of nitrogens with two attached hydrogens (primary N) is 1. The summed E-state index contributed by atoms with van der Waals surface area (Å²) in [6, 6.07) is 17.6. The van der Waals surface area contributed by atoms with Gasteiger partial charge in [0.25, 0.3) is 0 Å². The van der Waals surface area contributed by atoms with Crippen molar-refractivity contribution >= 4 is 6.08 Å². The average molecular weight is 421 g/mol. The van der Waals surface area contributed by atoms with Crippen molar-refractivity contribution in [1.82, 2.24) is 4.98 Å². The van der Waals surface area contributed by atoms with E-state index < -0.39 is 11.0 Å². The van der Waals surface area contributed by atoms with Crippen molar-refractivity contribution in [2.24, 2.45) is 5.73 Å². The maximum atomic E-state index is 14.1. The molecule has 1 aromatic heterocycles. The molecule has 0 amide bonds. The van der Waals surface area contributed by atoms with Crippen LogP contribution < -0.4 is 10.5 Å². The standard InChI is InChI=1S/C26H29FN2O2/c1-25(2,23-16-21(27)9-10-24(23)31-3)18-26(30,20-7-5-4-6-8-20)17-22(28)15-19-11-13-29-14-12-19/h4-16,30H,17-18,28H2,1-3H3/b22-15-. The lowest BCUT2D eigenvalue weighted by Gasteiger charge is -2.38. The Balaban J connectivity index is 2.00. The highest BCUT2D eigenvalue weighted by Gasteiger charge is 2.38. The van der Waals surface area contributed by atoms with E-state index in [1.54, 1.807) is 25.6 Å². The molecule has 0 radical (unpaired) electrons. The highest BCUT2D eigenvalue weighted by Crippen LogP contribution is 2.43. The molecule has 0 spiro atoms. The van der Waals surface area contributed by atoms with Crippen LogP contribution in [0.2, 0.25) is 0 Å². The normalized spacial score (nSPS) is 14.2. The Morgan fingerprint density at radius 2 is 1.77 bits per heavy atom. The lowest BCUT2D eigenvalue weighted by Crippen LogP contribution is -2.36. The average Bonchev–Trinajstić information content (AvgIpc) is 2.74. The minimum atomic E-state index is -1.27. The van der Waals surface area contributed by atoms with Crippen LogP contribution in [0, 0.1) is 5.82 Å². The number of ether oxygens (including phenoxy) is 1. The number of rotatable bonds is 8. The van der Waals surface area contributed by atoms with E-state index in [-0.39, 0.29) is 12.2 Å². The third-order valence-electron chi connectivity index (χ3n) is 5.49. The van der Waals surface area contributed by atoms with E-state index >= 15 is 0 Å². The zero-order chi connectivity index (χ0) is 22.5. The van der Waals surface area contributed by atoms with Crippen molar-refractivity contribution in [2.45, 2.75) is 37.7 Å². The second kappa shape index (κ2) is 9.31. The van der Waals surface area contributed by atoms with Crippen LogP contribution in [-0.2, 0) is 11.0 Å². The Morgan fingerprint density at radius 1 is 1.10 bits per heavy atom. The summed E-state index contributed by atoms with van der Waals surface area (Å²) in [7, 11) is 1.56. The fraction of sp³-hybridized carbons (Fsp3) is 0.269. The van der Waals surface area contributed by atoms with Gasteiger partial charge in [-0.3, -0.25) is 4.98 Å². The van der Waals surface area contributed by atoms with Crippen molar-refractivity contribution in [3.8, 4) is 5.75 Å². The number of benzene rings is 2. The first-order valence-electron chi connectivity index (χ1n) is 10.2. The molecule has 3 rings (SSSR count). The molecule has 162 valence electrons. The van der Waals surface area contributed by atoms with Crippen LogP contribution in [0.25, 0.3) is 6.08 Å². The van der Waals surface area contributed by atoms with Gasteiger partial charge in [0.2, 0.25) is 0 Å². The molecule has 3 aromatic rings. The Bertz CT molecular complexity index is 1040. The SMILES string of the molecule is COc1ccc(F)cc1C(C)(C)CC(O)(C/C(N)=C/c1ccncc1)c1ccccc1. The molecule has 1 unspecified atom stereocenters. The molecular weight excluding hydrogens is 391 g/mol. The van der Waals surface area contributed by atoms with Crippen LogP contribution in [0.3, 0.4) is 0 Å². The molecule has 31 heavy (non-hydrogen) atoms. The van der Waals surface area contributed by atoms with Gasteiger partial charge in [-0.25, -0.2) is 4.39 Å². The van der Waals surface area contributed by atoms with Gasteiger partial charge in [-0.05, 0) is 59.4 Å². The first-order valence-corrected chi connectivity index (χ1v) is 10.2. The van der Waals surface area contributed by atoms with E-state index in [1.165, 1.54) is 12.1 Å². The summed E-state index contributed by atoms with van der Waals surface area (Å²) in [6.45, 7) is 3.95. The van der Waals surface area contributed by atoms with Gasteiger partial charge < -0.3 is 15.6 Å². The molecule has 2 aromatic carbocycles. The maximum absolute atomic E-state index is 14.1. The predicted molar refractivity (Wildman–Crippen MR) is 122 cm³/mol. The molecule has 1 atom stereocenters. The molecule has 0 aliphatic rings. The molecule has 0 aliphatic heterocycles. The summed E-state index contributed by atoms with van der Waals surface area (Å²) in [5, 5.41) is 11.9. The van der Waals surface area contributed by atoms with Crippen LogP contribution in [0.5, 0.6) is 5.75 Å². The summed E-state index contributed by atoms with van der Waals surface area (Å²) >= 11 is 0. The largest absolute Gasteiger partial charge is 0.496 e. The predicted octanol–water partition coefficient (Wildman–Crippen LogP) is 5.17. The molecule has 3 N–H and O–H groups in total. The zero-order valence-electron chi connectivity index (χ0n) is 18.2. The zero-order valence-corrected chi connectivity index (χ0v) is 18.2. The van der Waals surface area contributed by atoms with Gasteiger partial charge in [-0.1, -0.05) is 44.2 Å². The Labute approximate surface area is 183 Å². The van der Waals surface area contributed by atoms with E-state index in [1.807, 2.05) is 62.4 Å². The topological polar surface area (TPSA) is 68.4 Å². The molecular formula is C26H29FN2O2. The van der Waals surface area contributed by atoms with E-state index in [9.17, 15) is 9.50 Å². The van der Waals surface area contributed by atoms with Gasteiger partial charge >= 0.3 is 0 Å². The van der Waals surface area contributed by atoms with Crippen LogP contribution in [-0.4, -0.2) is 17.2 Å². The second-order valence-corrected chi connectivity index (χ2v) is 8.48. The van der Waals surface area contributed by atoms with Crippen LogP contribution in [0.1, 0.15) is 43.4 Å². The molecule has 1 heterocycles. The molecule has 0 saturated carbocycles. The number of hydrogen-bond acceptors (Lipinski definition) is 4. The Kier molecular flexibility index (Phi) is 6.76. The first kappa shape index (κ1) is 22.5. The highest BCUT2D eigenvalue weighted by molar-refractivity contribution is 5.51. The van der Waals surface area contributed by atoms with Gasteiger partial charge in [-0.2, -0.15) is 0 Å². The molecule has 0 fully saturated rings. The fourth-order valence-electron chi connectivity index (χ4n) is 4.11. The first-order chi connectivity index (χ1) is 14.7. The monoisotopic (exact) mass is 420 g/mol. The van der Waals surface area contributed by atoms with Crippen molar-refractivity contribution in [3.63, 3.8) is 0 Å². The number of aliphatic hydroxyl groups is 1. The van der Waals surface area contributed by atoms with Gasteiger partial charge in [0.1, 0.15) is 11.6 Å². The highest BCUT2D eigenvalue weighted by atomic mass is 19.1. The van der Waals surface area contributed by atoms with Crippen LogP contribution in [0.15, 0.2) is 78.8 Å². The summed E-state index contributed by atoms with van der Waals surface area (Å²) in [5.41, 5.74) is 7.39. The maximum Gasteiger partial charge on any atom is 0.123 e. The number of halogens is 1. The van der Waals surface area contributed by atoms with Crippen molar-refractivity contribution < 1.29 is 14.2 Å².